The highest BCUT2D eigenvalue weighted by Crippen LogP contribution is 2.24. The van der Waals surface area contributed by atoms with E-state index >= 15 is 0 Å². The van der Waals surface area contributed by atoms with Crippen molar-refractivity contribution in [3.05, 3.63) is 151 Å². The molecule has 5 nitrogen and oxygen atoms in total. The van der Waals surface area contributed by atoms with Crippen molar-refractivity contribution in [3.8, 4) is 22.5 Å². The van der Waals surface area contributed by atoms with Crippen molar-refractivity contribution in [1.82, 2.24) is 4.98 Å². The first kappa shape index (κ1) is 30.9. The van der Waals surface area contributed by atoms with Crippen LogP contribution in [-0.4, -0.2) is 4.98 Å². The maximum atomic E-state index is 6.19. The molecule has 7 rings (SSSR count). The minimum atomic E-state index is 0. The Morgan fingerprint density at radius 2 is 0.864 bits per heavy atom. The number of benzene rings is 4. The van der Waals surface area contributed by atoms with Crippen molar-refractivity contribution in [1.29, 1.82) is 0 Å². The van der Waals surface area contributed by atoms with E-state index in [0.29, 0.717) is 0 Å². The molecular formula is C37H31Br2N5. The van der Waals surface area contributed by atoms with Crippen molar-refractivity contribution in [2.24, 2.45) is 0 Å². The zero-order chi connectivity index (χ0) is 28.5. The van der Waals surface area contributed by atoms with Gasteiger partial charge in [0.25, 0.3) is 0 Å². The molecule has 4 aromatic carbocycles. The number of hydrogen-bond donors (Lipinski definition) is 2. The highest BCUT2D eigenvalue weighted by atomic mass is 79.9. The lowest BCUT2D eigenvalue weighted by Gasteiger charge is -2.08. The Hall–Kier alpha value is -4.59. The molecule has 218 valence electrons. The fraction of sp³-hybridized carbons (Fsp3) is 0.0541. The largest absolute Gasteiger partial charge is 1.00 e. The highest BCUT2D eigenvalue weighted by molar-refractivity contribution is 5.88. The summed E-state index contributed by atoms with van der Waals surface area (Å²) in [5.74, 6) is 0. The lowest BCUT2D eigenvalue weighted by atomic mass is 10.1. The number of rotatable bonds is 6. The first-order chi connectivity index (χ1) is 20.6. The van der Waals surface area contributed by atoms with Crippen molar-refractivity contribution >= 4 is 33.2 Å². The maximum Gasteiger partial charge on any atom is 0.214 e. The van der Waals surface area contributed by atoms with Gasteiger partial charge in [-0.1, -0.05) is 78.9 Å². The van der Waals surface area contributed by atoms with Crippen LogP contribution in [0.4, 0.5) is 11.4 Å². The molecule has 0 fully saturated rings. The zero-order valence-electron chi connectivity index (χ0n) is 23.9. The van der Waals surface area contributed by atoms with Gasteiger partial charge in [0.15, 0.2) is 25.5 Å². The molecule has 0 saturated carbocycles. The molecule has 4 N–H and O–H groups in total. The minimum absolute atomic E-state index is 0. The summed E-state index contributed by atoms with van der Waals surface area (Å²) in [5.41, 5.74) is 22.8. The number of halogens is 2. The van der Waals surface area contributed by atoms with E-state index in [1.807, 2.05) is 36.4 Å². The lowest BCUT2D eigenvalue weighted by Crippen LogP contribution is -3.00. The summed E-state index contributed by atoms with van der Waals surface area (Å²) in [7, 11) is 0. The molecule has 0 aliphatic carbocycles. The standard InChI is InChI=1S/C37H29N5.2BrH/c38-32-20-22-41(36-10-3-1-6-30(32)36)24-26-12-16-28(17-13-26)34-8-5-9-35(40-34)29-18-14-27(15-19-29)25-42-23-21-33(39)31-7-2-4-11-37(31)42;;/h1-23,38-39H,24-25H2;2*1H. The number of nitrogens with zero attached hydrogens (tertiary/aromatic N) is 3. The fourth-order valence-electron chi connectivity index (χ4n) is 5.60. The van der Waals surface area contributed by atoms with E-state index in [0.717, 1.165) is 68.8 Å². The summed E-state index contributed by atoms with van der Waals surface area (Å²) >= 11 is 0. The third kappa shape index (κ3) is 6.20. The summed E-state index contributed by atoms with van der Waals surface area (Å²) < 4.78 is 4.47. The topological polar surface area (TPSA) is 72.7 Å². The number of aromatic nitrogens is 3. The van der Waals surface area contributed by atoms with Gasteiger partial charge in [-0.3, -0.25) is 0 Å². The van der Waals surface area contributed by atoms with E-state index in [9.17, 15) is 0 Å². The van der Waals surface area contributed by atoms with Crippen molar-refractivity contribution in [2.75, 3.05) is 11.5 Å². The van der Waals surface area contributed by atoms with E-state index < -0.39 is 0 Å². The van der Waals surface area contributed by atoms with Crippen LogP contribution in [0.1, 0.15) is 11.1 Å². The summed E-state index contributed by atoms with van der Waals surface area (Å²) in [5, 5.41) is 2.14. The second-order valence-corrected chi connectivity index (χ2v) is 10.6. The van der Waals surface area contributed by atoms with Crippen LogP contribution < -0.4 is 54.6 Å². The molecule has 0 aliphatic rings. The molecule has 0 atom stereocenters. The quantitative estimate of drug-likeness (QED) is 0.249. The Morgan fingerprint density at radius 3 is 1.30 bits per heavy atom. The number of anilines is 2. The molecule has 44 heavy (non-hydrogen) atoms. The molecule has 0 spiro atoms. The Balaban J connectivity index is 0.00000192. The average molecular weight is 705 g/mol. The van der Waals surface area contributed by atoms with Crippen LogP contribution in [0, 0.1) is 0 Å². The van der Waals surface area contributed by atoms with E-state index in [2.05, 4.69) is 113 Å². The molecule has 7 aromatic rings. The number of fused-ring (bicyclic) bond motifs is 2. The van der Waals surface area contributed by atoms with Gasteiger partial charge in [0.1, 0.15) is 0 Å². The molecule has 0 radical (unpaired) electrons. The van der Waals surface area contributed by atoms with Gasteiger partial charge in [0.2, 0.25) is 11.0 Å². The molecule has 0 unspecified atom stereocenters. The van der Waals surface area contributed by atoms with Crippen LogP contribution in [0.15, 0.2) is 140 Å². The average Bonchev–Trinajstić information content (AvgIpc) is 3.05. The van der Waals surface area contributed by atoms with Gasteiger partial charge in [-0.2, -0.15) is 9.13 Å². The van der Waals surface area contributed by atoms with Gasteiger partial charge in [-0.15, -0.1) is 0 Å². The summed E-state index contributed by atoms with van der Waals surface area (Å²) in [4.78, 5) is 5.00. The molecule has 0 bridgehead atoms. The number of hydrogen-bond acceptors (Lipinski definition) is 3. The smallest absolute Gasteiger partial charge is 0.214 e. The van der Waals surface area contributed by atoms with Gasteiger partial charge in [-0.05, 0) is 24.3 Å². The van der Waals surface area contributed by atoms with Crippen LogP contribution in [-0.2, 0) is 13.1 Å². The van der Waals surface area contributed by atoms with Crippen LogP contribution >= 0.6 is 0 Å². The number of pyridine rings is 3. The van der Waals surface area contributed by atoms with Gasteiger partial charge in [0, 0.05) is 46.5 Å². The Kier molecular flexibility index (Phi) is 9.37. The first-order valence-corrected chi connectivity index (χ1v) is 14.1. The van der Waals surface area contributed by atoms with E-state index in [1.165, 1.54) is 11.1 Å². The molecule has 3 aromatic heterocycles. The van der Waals surface area contributed by atoms with Crippen molar-refractivity contribution in [2.45, 2.75) is 13.1 Å². The van der Waals surface area contributed by atoms with Gasteiger partial charge < -0.3 is 45.4 Å². The molecule has 0 saturated heterocycles. The highest BCUT2D eigenvalue weighted by Gasteiger charge is 2.13. The van der Waals surface area contributed by atoms with E-state index in [-0.39, 0.29) is 34.0 Å². The lowest BCUT2D eigenvalue weighted by molar-refractivity contribution is -0.662. The van der Waals surface area contributed by atoms with Crippen LogP contribution in [0.2, 0.25) is 0 Å². The second-order valence-electron chi connectivity index (χ2n) is 10.6. The first-order valence-electron chi connectivity index (χ1n) is 14.1. The van der Waals surface area contributed by atoms with Crippen molar-refractivity contribution < 1.29 is 43.1 Å². The Bertz CT molecular complexity index is 1910. The van der Waals surface area contributed by atoms with Crippen molar-refractivity contribution in [3.63, 3.8) is 0 Å². The minimum Gasteiger partial charge on any atom is -1.00 e. The van der Waals surface area contributed by atoms with Crippen LogP contribution in [0.25, 0.3) is 44.3 Å². The molecule has 0 aliphatic heterocycles. The van der Waals surface area contributed by atoms with Crippen LogP contribution in [0.5, 0.6) is 0 Å². The van der Waals surface area contributed by atoms with Gasteiger partial charge in [-0.25, -0.2) is 4.98 Å². The van der Waals surface area contributed by atoms with Crippen LogP contribution in [0.3, 0.4) is 0 Å². The maximum absolute atomic E-state index is 6.19. The molecule has 3 heterocycles. The third-order valence-corrected chi connectivity index (χ3v) is 7.87. The number of para-hydroxylation sites is 2. The predicted octanol–water partition coefficient (Wildman–Crippen LogP) is 0.566. The number of nitrogens with two attached hydrogens (primary N) is 2. The Morgan fingerprint density at radius 1 is 0.455 bits per heavy atom. The summed E-state index contributed by atoms with van der Waals surface area (Å²) in [6.45, 7) is 1.54. The summed E-state index contributed by atoms with van der Waals surface area (Å²) in [6.07, 6.45) is 4.11. The second kappa shape index (κ2) is 13.4. The van der Waals surface area contributed by atoms with E-state index in [4.69, 9.17) is 16.5 Å². The third-order valence-electron chi connectivity index (χ3n) is 7.87. The SMILES string of the molecule is Nc1cc[n+](Cc2ccc(-c3cccc(-c4ccc(C[n+]5ccc(N)c6ccccc65)cc4)n3)cc2)c2ccccc12.[Br-].[Br-]. The predicted molar refractivity (Wildman–Crippen MR) is 170 cm³/mol. The molecule has 0 amide bonds. The monoisotopic (exact) mass is 703 g/mol. The molecule has 7 heteroatoms. The normalized spacial score (nSPS) is 10.7. The zero-order valence-corrected chi connectivity index (χ0v) is 27.1. The molecular weight excluding hydrogens is 674 g/mol. The number of nitrogen functional groups attached to an aromatic ring is 2. The summed E-state index contributed by atoms with van der Waals surface area (Å²) in [6, 6.07) is 44.0. The fourth-order valence-corrected chi connectivity index (χ4v) is 5.60. The van der Waals surface area contributed by atoms with Gasteiger partial charge in [0.05, 0.1) is 33.5 Å². The Labute approximate surface area is 278 Å². The van der Waals surface area contributed by atoms with E-state index in [1.54, 1.807) is 0 Å². The van der Waals surface area contributed by atoms with Gasteiger partial charge >= 0.3 is 0 Å².